The first kappa shape index (κ1) is 11.9. The van der Waals surface area contributed by atoms with E-state index in [2.05, 4.69) is 0 Å². The lowest BCUT2D eigenvalue weighted by Crippen LogP contribution is -2.15. The SMILES string of the molecule is COc1ccc(CC[C@@H](C)N)c(OC)c1. The average molecular weight is 209 g/mol. The maximum atomic E-state index is 5.72. The summed E-state index contributed by atoms with van der Waals surface area (Å²) in [6, 6.07) is 6.09. The number of ether oxygens (including phenoxy) is 2. The van der Waals surface area contributed by atoms with Crippen LogP contribution in [0.15, 0.2) is 18.2 Å². The Balaban J connectivity index is 2.78. The maximum absolute atomic E-state index is 5.72. The zero-order valence-corrected chi connectivity index (χ0v) is 9.62. The number of aryl methyl sites for hydroxylation is 1. The molecule has 0 aliphatic rings. The smallest absolute Gasteiger partial charge is 0.125 e. The van der Waals surface area contributed by atoms with Crippen molar-refractivity contribution in [1.82, 2.24) is 0 Å². The van der Waals surface area contributed by atoms with Crippen LogP contribution in [0.3, 0.4) is 0 Å². The maximum Gasteiger partial charge on any atom is 0.125 e. The highest BCUT2D eigenvalue weighted by atomic mass is 16.5. The number of benzene rings is 1. The minimum Gasteiger partial charge on any atom is -0.497 e. The lowest BCUT2D eigenvalue weighted by Gasteiger charge is -2.11. The van der Waals surface area contributed by atoms with E-state index in [0.717, 1.165) is 24.3 Å². The van der Waals surface area contributed by atoms with Crippen LogP contribution in [0.25, 0.3) is 0 Å². The highest BCUT2D eigenvalue weighted by Gasteiger charge is 2.05. The summed E-state index contributed by atoms with van der Waals surface area (Å²) in [7, 11) is 3.32. The van der Waals surface area contributed by atoms with E-state index in [1.807, 2.05) is 25.1 Å². The molecular weight excluding hydrogens is 190 g/mol. The van der Waals surface area contributed by atoms with E-state index in [4.69, 9.17) is 15.2 Å². The molecule has 0 bridgehead atoms. The molecule has 0 aromatic heterocycles. The third-order valence-electron chi connectivity index (χ3n) is 2.36. The van der Waals surface area contributed by atoms with Gasteiger partial charge in [-0.2, -0.15) is 0 Å². The first-order valence-electron chi connectivity index (χ1n) is 5.14. The van der Waals surface area contributed by atoms with Crippen molar-refractivity contribution in [3.8, 4) is 11.5 Å². The minimum absolute atomic E-state index is 0.219. The van der Waals surface area contributed by atoms with Gasteiger partial charge in [-0.05, 0) is 31.4 Å². The second-order valence-electron chi connectivity index (χ2n) is 3.69. The van der Waals surface area contributed by atoms with Crippen molar-refractivity contribution in [2.75, 3.05) is 14.2 Å². The molecule has 3 heteroatoms. The Morgan fingerprint density at radius 3 is 2.53 bits per heavy atom. The Hall–Kier alpha value is -1.22. The lowest BCUT2D eigenvalue weighted by atomic mass is 10.1. The third kappa shape index (κ3) is 3.44. The number of methoxy groups -OCH3 is 2. The molecule has 0 radical (unpaired) electrons. The van der Waals surface area contributed by atoms with Gasteiger partial charge in [-0.1, -0.05) is 6.07 Å². The van der Waals surface area contributed by atoms with E-state index >= 15 is 0 Å². The summed E-state index contributed by atoms with van der Waals surface area (Å²) in [6.45, 7) is 2.01. The Morgan fingerprint density at radius 2 is 2.00 bits per heavy atom. The molecule has 84 valence electrons. The van der Waals surface area contributed by atoms with Gasteiger partial charge in [0.25, 0.3) is 0 Å². The van der Waals surface area contributed by atoms with Crippen molar-refractivity contribution in [3.63, 3.8) is 0 Å². The van der Waals surface area contributed by atoms with Crippen LogP contribution in [0.4, 0.5) is 0 Å². The number of hydrogen-bond acceptors (Lipinski definition) is 3. The van der Waals surface area contributed by atoms with Crippen LogP contribution < -0.4 is 15.2 Å². The van der Waals surface area contributed by atoms with Crippen LogP contribution in [0.5, 0.6) is 11.5 Å². The van der Waals surface area contributed by atoms with Crippen molar-refractivity contribution < 1.29 is 9.47 Å². The molecule has 0 saturated heterocycles. The highest BCUT2D eigenvalue weighted by Crippen LogP contribution is 2.25. The molecule has 0 spiro atoms. The summed E-state index contributed by atoms with van der Waals surface area (Å²) < 4.78 is 10.4. The lowest BCUT2D eigenvalue weighted by molar-refractivity contribution is 0.390. The molecule has 0 aliphatic carbocycles. The van der Waals surface area contributed by atoms with E-state index in [1.165, 1.54) is 5.56 Å². The Bertz CT molecular complexity index is 310. The van der Waals surface area contributed by atoms with Crippen molar-refractivity contribution >= 4 is 0 Å². The topological polar surface area (TPSA) is 44.5 Å². The quantitative estimate of drug-likeness (QED) is 0.806. The molecule has 0 heterocycles. The van der Waals surface area contributed by atoms with E-state index in [1.54, 1.807) is 14.2 Å². The summed E-state index contributed by atoms with van der Waals surface area (Å²) in [5.74, 6) is 1.69. The summed E-state index contributed by atoms with van der Waals surface area (Å²) in [5.41, 5.74) is 6.90. The van der Waals surface area contributed by atoms with Crippen LogP contribution >= 0.6 is 0 Å². The van der Waals surface area contributed by atoms with Gasteiger partial charge in [-0.3, -0.25) is 0 Å². The number of hydrogen-bond donors (Lipinski definition) is 1. The van der Waals surface area contributed by atoms with Gasteiger partial charge in [0.15, 0.2) is 0 Å². The third-order valence-corrected chi connectivity index (χ3v) is 2.36. The van der Waals surface area contributed by atoms with Gasteiger partial charge >= 0.3 is 0 Å². The first-order chi connectivity index (χ1) is 7.17. The van der Waals surface area contributed by atoms with E-state index in [9.17, 15) is 0 Å². The average Bonchev–Trinajstić information content (AvgIpc) is 2.25. The fourth-order valence-electron chi connectivity index (χ4n) is 1.44. The number of nitrogens with two attached hydrogens (primary N) is 1. The van der Waals surface area contributed by atoms with Crippen molar-refractivity contribution in [2.45, 2.75) is 25.8 Å². The predicted molar refractivity (Wildman–Crippen MR) is 61.5 cm³/mol. The molecule has 1 atom stereocenters. The van der Waals surface area contributed by atoms with Gasteiger partial charge in [0.1, 0.15) is 11.5 Å². The Morgan fingerprint density at radius 1 is 1.27 bits per heavy atom. The molecule has 1 aromatic rings. The summed E-state index contributed by atoms with van der Waals surface area (Å²) >= 11 is 0. The van der Waals surface area contributed by atoms with Crippen molar-refractivity contribution in [1.29, 1.82) is 0 Å². The zero-order valence-electron chi connectivity index (χ0n) is 9.62. The molecule has 0 amide bonds. The normalized spacial score (nSPS) is 12.3. The first-order valence-corrected chi connectivity index (χ1v) is 5.14. The van der Waals surface area contributed by atoms with Gasteiger partial charge in [0.2, 0.25) is 0 Å². The van der Waals surface area contributed by atoms with Gasteiger partial charge < -0.3 is 15.2 Å². The molecule has 0 aliphatic heterocycles. The largest absolute Gasteiger partial charge is 0.497 e. The van der Waals surface area contributed by atoms with E-state index in [0.29, 0.717) is 0 Å². The zero-order chi connectivity index (χ0) is 11.3. The molecule has 0 unspecified atom stereocenters. The van der Waals surface area contributed by atoms with Crippen molar-refractivity contribution in [2.24, 2.45) is 5.73 Å². The van der Waals surface area contributed by atoms with Crippen LogP contribution in [-0.2, 0) is 6.42 Å². The second-order valence-corrected chi connectivity index (χ2v) is 3.69. The molecular formula is C12H19NO2. The van der Waals surface area contributed by atoms with Gasteiger partial charge in [0, 0.05) is 12.1 Å². The standard InChI is InChI=1S/C12H19NO2/c1-9(13)4-5-10-6-7-11(14-2)8-12(10)15-3/h6-9H,4-5,13H2,1-3H3/t9-/m1/s1. The predicted octanol–water partition coefficient (Wildman–Crippen LogP) is 1.98. The van der Waals surface area contributed by atoms with Crippen molar-refractivity contribution in [3.05, 3.63) is 23.8 Å². The van der Waals surface area contributed by atoms with Gasteiger partial charge in [-0.25, -0.2) is 0 Å². The molecule has 15 heavy (non-hydrogen) atoms. The molecule has 0 saturated carbocycles. The molecule has 1 rings (SSSR count). The summed E-state index contributed by atoms with van der Waals surface area (Å²) in [6.07, 6.45) is 1.90. The Kier molecular flexibility index (Phi) is 4.43. The fraction of sp³-hybridized carbons (Fsp3) is 0.500. The monoisotopic (exact) mass is 209 g/mol. The Labute approximate surface area is 91.2 Å². The molecule has 2 N–H and O–H groups in total. The summed E-state index contributed by atoms with van der Waals surface area (Å²) in [5, 5.41) is 0. The molecule has 1 aromatic carbocycles. The fourth-order valence-corrected chi connectivity index (χ4v) is 1.44. The van der Waals surface area contributed by atoms with Crippen LogP contribution in [0, 0.1) is 0 Å². The minimum atomic E-state index is 0.219. The van der Waals surface area contributed by atoms with Gasteiger partial charge in [-0.15, -0.1) is 0 Å². The highest BCUT2D eigenvalue weighted by molar-refractivity contribution is 5.40. The van der Waals surface area contributed by atoms with E-state index < -0.39 is 0 Å². The van der Waals surface area contributed by atoms with Crippen LogP contribution in [-0.4, -0.2) is 20.3 Å². The second kappa shape index (κ2) is 5.61. The van der Waals surface area contributed by atoms with Crippen LogP contribution in [0.1, 0.15) is 18.9 Å². The number of rotatable bonds is 5. The molecule has 0 fully saturated rings. The molecule has 3 nitrogen and oxygen atoms in total. The van der Waals surface area contributed by atoms with Crippen LogP contribution in [0.2, 0.25) is 0 Å². The van der Waals surface area contributed by atoms with Gasteiger partial charge in [0.05, 0.1) is 14.2 Å². The van der Waals surface area contributed by atoms with E-state index in [-0.39, 0.29) is 6.04 Å². The summed E-state index contributed by atoms with van der Waals surface area (Å²) in [4.78, 5) is 0.